The fourth-order valence-corrected chi connectivity index (χ4v) is 3.86. The molecular formula is C15H25N3S. The molecule has 0 aromatic carbocycles. The quantitative estimate of drug-likeness (QED) is 0.898. The Hall–Kier alpha value is -0.450. The number of thiazole rings is 1. The molecule has 1 saturated heterocycles. The van der Waals surface area contributed by atoms with Gasteiger partial charge in [0.25, 0.3) is 0 Å². The van der Waals surface area contributed by atoms with Crippen LogP contribution in [0, 0.1) is 0 Å². The zero-order chi connectivity index (χ0) is 13.2. The Morgan fingerprint density at radius 1 is 1.42 bits per heavy atom. The summed E-state index contributed by atoms with van der Waals surface area (Å²) in [5.74, 6) is 0. The Balaban J connectivity index is 1.59. The molecule has 3 nitrogen and oxygen atoms in total. The van der Waals surface area contributed by atoms with Gasteiger partial charge in [-0.2, -0.15) is 0 Å². The Bertz CT molecular complexity index is 413. The van der Waals surface area contributed by atoms with Crippen molar-refractivity contribution in [2.45, 2.75) is 64.1 Å². The van der Waals surface area contributed by atoms with E-state index in [1.165, 1.54) is 48.7 Å². The third-order valence-corrected chi connectivity index (χ3v) is 5.64. The van der Waals surface area contributed by atoms with Crippen molar-refractivity contribution in [2.24, 2.45) is 0 Å². The van der Waals surface area contributed by atoms with E-state index in [0.29, 0.717) is 12.1 Å². The predicted octanol–water partition coefficient (Wildman–Crippen LogP) is 2.98. The van der Waals surface area contributed by atoms with Crippen molar-refractivity contribution in [1.82, 2.24) is 15.2 Å². The normalized spacial score (nSPS) is 26.5. The van der Waals surface area contributed by atoms with Gasteiger partial charge < -0.3 is 5.32 Å². The van der Waals surface area contributed by atoms with Crippen LogP contribution in [0.3, 0.4) is 0 Å². The zero-order valence-electron chi connectivity index (χ0n) is 12.1. The molecule has 1 saturated carbocycles. The number of aryl methyl sites for hydroxylation is 1. The van der Waals surface area contributed by atoms with E-state index in [4.69, 9.17) is 0 Å². The molecule has 2 aliphatic rings. The summed E-state index contributed by atoms with van der Waals surface area (Å²) in [6, 6.07) is 2.01. The van der Waals surface area contributed by atoms with Gasteiger partial charge in [0.1, 0.15) is 5.01 Å². The van der Waals surface area contributed by atoms with E-state index in [-0.39, 0.29) is 0 Å². The third kappa shape index (κ3) is 3.36. The van der Waals surface area contributed by atoms with Crippen LogP contribution >= 0.6 is 11.3 Å². The van der Waals surface area contributed by atoms with Crippen molar-refractivity contribution in [2.75, 3.05) is 13.1 Å². The number of hydrogen-bond acceptors (Lipinski definition) is 4. The molecule has 1 aromatic rings. The number of piperidine rings is 1. The Labute approximate surface area is 120 Å². The van der Waals surface area contributed by atoms with Gasteiger partial charge in [-0.25, -0.2) is 4.98 Å². The van der Waals surface area contributed by atoms with Crippen molar-refractivity contribution in [3.63, 3.8) is 0 Å². The van der Waals surface area contributed by atoms with Crippen molar-refractivity contribution >= 4 is 11.3 Å². The van der Waals surface area contributed by atoms with Crippen molar-refractivity contribution < 1.29 is 0 Å². The van der Waals surface area contributed by atoms with Gasteiger partial charge in [-0.05, 0) is 45.6 Å². The molecule has 4 heteroatoms. The molecule has 0 spiro atoms. The highest BCUT2D eigenvalue weighted by Crippen LogP contribution is 2.29. The molecule has 0 radical (unpaired) electrons. The largest absolute Gasteiger partial charge is 0.310 e. The van der Waals surface area contributed by atoms with Crippen LogP contribution in [0.1, 0.15) is 55.5 Å². The molecule has 2 fully saturated rings. The van der Waals surface area contributed by atoms with Crippen LogP contribution in [-0.4, -0.2) is 35.1 Å². The molecule has 2 atom stereocenters. The minimum absolute atomic E-state index is 0.481. The maximum Gasteiger partial charge on any atom is 0.110 e. The number of nitrogens with zero attached hydrogens (tertiary/aromatic N) is 2. The van der Waals surface area contributed by atoms with Crippen LogP contribution in [0.5, 0.6) is 0 Å². The van der Waals surface area contributed by atoms with Gasteiger partial charge in [0.15, 0.2) is 0 Å². The zero-order valence-corrected chi connectivity index (χ0v) is 12.9. The summed E-state index contributed by atoms with van der Waals surface area (Å²) in [5, 5.41) is 5.08. The summed E-state index contributed by atoms with van der Waals surface area (Å²) in [4.78, 5) is 8.64. The number of likely N-dealkylation sites (tertiary alicyclic amines) is 1. The van der Waals surface area contributed by atoms with Gasteiger partial charge in [0.05, 0.1) is 6.04 Å². The fraction of sp³-hybridized carbons (Fsp3) is 0.800. The van der Waals surface area contributed by atoms with E-state index in [9.17, 15) is 0 Å². The molecule has 19 heavy (non-hydrogen) atoms. The fourth-order valence-electron chi connectivity index (χ4n) is 2.91. The van der Waals surface area contributed by atoms with E-state index in [1.54, 1.807) is 0 Å². The molecule has 1 aromatic heterocycles. The second kappa shape index (κ2) is 5.90. The predicted molar refractivity (Wildman–Crippen MR) is 80.7 cm³/mol. The van der Waals surface area contributed by atoms with Crippen LogP contribution in [0.25, 0.3) is 0 Å². The third-order valence-electron chi connectivity index (χ3n) is 4.33. The average molecular weight is 279 g/mol. The van der Waals surface area contributed by atoms with Gasteiger partial charge in [-0.15, -0.1) is 11.3 Å². The Morgan fingerprint density at radius 2 is 2.26 bits per heavy atom. The maximum absolute atomic E-state index is 4.62. The highest BCUT2D eigenvalue weighted by molar-refractivity contribution is 7.11. The smallest absolute Gasteiger partial charge is 0.110 e. The summed E-state index contributed by atoms with van der Waals surface area (Å²) >= 11 is 1.89. The molecular weight excluding hydrogens is 254 g/mol. The van der Waals surface area contributed by atoms with Crippen molar-refractivity contribution in [1.29, 1.82) is 0 Å². The molecule has 1 aliphatic heterocycles. The molecule has 1 N–H and O–H groups in total. The SMILES string of the molecule is CCc1cnc(C(C)N2CCCC(NC3CC3)C2)s1. The van der Waals surface area contributed by atoms with Crippen LogP contribution in [-0.2, 0) is 6.42 Å². The second-order valence-corrected chi connectivity index (χ2v) is 7.12. The van der Waals surface area contributed by atoms with Gasteiger partial charge >= 0.3 is 0 Å². The van der Waals surface area contributed by atoms with Crippen molar-refractivity contribution in [3.8, 4) is 0 Å². The highest BCUT2D eigenvalue weighted by Gasteiger charge is 2.30. The summed E-state index contributed by atoms with van der Waals surface area (Å²) in [6.45, 7) is 6.94. The second-order valence-electron chi connectivity index (χ2n) is 5.97. The molecule has 106 valence electrons. The van der Waals surface area contributed by atoms with Crippen LogP contribution < -0.4 is 5.32 Å². The average Bonchev–Trinajstić information content (AvgIpc) is 3.11. The number of rotatable bonds is 5. The van der Waals surface area contributed by atoms with E-state index < -0.39 is 0 Å². The standard InChI is InChI=1S/C15H25N3S/c1-3-14-9-16-15(19-14)11(2)18-8-4-5-13(10-18)17-12-6-7-12/h9,11-13,17H,3-8,10H2,1-2H3. The van der Waals surface area contributed by atoms with Crippen LogP contribution in [0.15, 0.2) is 6.20 Å². The summed E-state index contributed by atoms with van der Waals surface area (Å²) < 4.78 is 0. The first-order chi connectivity index (χ1) is 9.26. The molecule has 2 heterocycles. The lowest BCUT2D eigenvalue weighted by atomic mass is 10.0. The Kier molecular flexibility index (Phi) is 4.20. The monoisotopic (exact) mass is 279 g/mol. The van der Waals surface area contributed by atoms with Gasteiger partial charge in [0.2, 0.25) is 0 Å². The lowest BCUT2D eigenvalue weighted by Gasteiger charge is -2.36. The topological polar surface area (TPSA) is 28.2 Å². The minimum Gasteiger partial charge on any atom is -0.310 e. The molecule has 0 bridgehead atoms. The number of aromatic nitrogens is 1. The molecule has 3 rings (SSSR count). The summed E-state index contributed by atoms with van der Waals surface area (Å²) in [6.07, 6.45) is 8.60. The summed E-state index contributed by atoms with van der Waals surface area (Å²) in [7, 11) is 0. The highest BCUT2D eigenvalue weighted by atomic mass is 32.1. The van der Waals surface area contributed by atoms with E-state index >= 15 is 0 Å². The molecule has 0 amide bonds. The number of nitrogens with one attached hydrogen (secondary N) is 1. The molecule has 2 unspecified atom stereocenters. The van der Waals surface area contributed by atoms with Crippen molar-refractivity contribution in [3.05, 3.63) is 16.1 Å². The van der Waals surface area contributed by atoms with E-state index in [0.717, 1.165) is 12.5 Å². The first-order valence-electron chi connectivity index (χ1n) is 7.71. The van der Waals surface area contributed by atoms with E-state index in [1.807, 2.05) is 11.3 Å². The van der Waals surface area contributed by atoms with E-state index in [2.05, 4.69) is 35.2 Å². The van der Waals surface area contributed by atoms with Crippen LogP contribution in [0.4, 0.5) is 0 Å². The lowest BCUT2D eigenvalue weighted by Crippen LogP contribution is -2.47. The lowest BCUT2D eigenvalue weighted by molar-refractivity contribution is 0.145. The Morgan fingerprint density at radius 3 is 2.95 bits per heavy atom. The molecule has 1 aliphatic carbocycles. The maximum atomic E-state index is 4.62. The van der Waals surface area contributed by atoms with Gasteiger partial charge in [-0.1, -0.05) is 6.92 Å². The first kappa shape index (κ1) is 13.5. The first-order valence-corrected chi connectivity index (χ1v) is 8.52. The van der Waals surface area contributed by atoms with Gasteiger partial charge in [0, 0.05) is 29.7 Å². The van der Waals surface area contributed by atoms with Gasteiger partial charge in [-0.3, -0.25) is 4.90 Å². The minimum atomic E-state index is 0.481. The van der Waals surface area contributed by atoms with Crippen LogP contribution in [0.2, 0.25) is 0 Å². The number of hydrogen-bond donors (Lipinski definition) is 1. The summed E-state index contributed by atoms with van der Waals surface area (Å²) in [5.41, 5.74) is 0.